The molecule has 1 aliphatic heterocycles. The van der Waals surface area contributed by atoms with E-state index < -0.39 is 15.3 Å². The summed E-state index contributed by atoms with van der Waals surface area (Å²) >= 11 is 0. The summed E-state index contributed by atoms with van der Waals surface area (Å²) in [6.45, 7) is 2.88. The van der Waals surface area contributed by atoms with Crippen molar-refractivity contribution in [3.05, 3.63) is 54.0 Å². The van der Waals surface area contributed by atoms with Gasteiger partial charge >= 0.3 is 0 Å². The number of sulfone groups is 1. The van der Waals surface area contributed by atoms with Gasteiger partial charge in [0.25, 0.3) is 0 Å². The van der Waals surface area contributed by atoms with Crippen molar-refractivity contribution >= 4 is 21.3 Å². The maximum atomic E-state index is 13.6. The standard InChI is InChI=1S/C30H34N6O3S/c1-21-6-11-28(33-32-21)36-19-26(22-7-9-23(10-8-22)35-14-16-40(38,39)17-15-35)29(34-36)25-5-3-2-4-24(25)27(37)18-30(20-31)12-13-30/h6-11,19,24-25H,2-5,12-18H2,1H3/t24-,25-/m1/s1. The fraction of sp³-hybridized carbons (Fsp3) is 0.500. The van der Waals surface area contributed by atoms with Crippen LogP contribution in [0.1, 0.15) is 62.3 Å². The largest absolute Gasteiger partial charge is 0.369 e. The van der Waals surface area contributed by atoms with Gasteiger partial charge in [0.2, 0.25) is 0 Å². The minimum Gasteiger partial charge on any atom is -0.369 e. The molecule has 2 aliphatic carbocycles. The van der Waals surface area contributed by atoms with E-state index in [0.717, 1.165) is 66.7 Å². The number of carbonyl (C=O) groups excluding carboxylic acids is 1. The molecule has 9 nitrogen and oxygen atoms in total. The molecule has 6 rings (SSSR count). The van der Waals surface area contributed by atoms with Crippen molar-refractivity contribution in [2.45, 2.75) is 57.8 Å². The summed E-state index contributed by atoms with van der Waals surface area (Å²) in [5, 5.41) is 23.2. The molecule has 3 aromatic rings. The summed E-state index contributed by atoms with van der Waals surface area (Å²) in [6.07, 6.45) is 7.67. The molecule has 0 spiro atoms. The van der Waals surface area contributed by atoms with Crippen molar-refractivity contribution in [3.63, 3.8) is 0 Å². The number of nitriles is 1. The van der Waals surface area contributed by atoms with Gasteiger partial charge in [-0.3, -0.25) is 4.79 Å². The van der Waals surface area contributed by atoms with Crippen molar-refractivity contribution in [2.75, 3.05) is 29.5 Å². The number of aryl methyl sites for hydroxylation is 1. The highest BCUT2D eigenvalue weighted by atomic mass is 32.2. The molecule has 2 atom stereocenters. The van der Waals surface area contributed by atoms with E-state index in [1.165, 1.54) is 0 Å². The van der Waals surface area contributed by atoms with Gasteiger partial charge in [-0.1, -0.05) is 25.0 Å². The first-order valence-corrected chi connectivity index (χ1v) is 16.0. The molecule has 2 aromatic heterocycles. The molecule has 0 bridgehead atoms. The molecular weight excluding hydrogens is 524 g/mol. The molecule has 40 heavy (non-hydrogen) atoms. The van der Waals surface area contributed by atoms with Crippen LogP contribution in [-0.2, 0) is 14.6 Å². The molecule has 208 valence electrons. The number of anilines is 1. The van der Waals surface area contributed by atoms with Crippen LogP contribution in [0.25, 0.3) is 16.9 Å². The van der Waals surface area contributed by atoms with Crippen LogP contribution in [-0.4, -0.2) is 58.8 Å². The van der Waals surface area contributed by atoms with E-state index in [1.807, 2.05) is 37.4 Å². The molecule has 3 aliphatic rings. The Hall–Kier alpha value is -3.58. The van der Waals surface area contributed by atoms with Crippen LogP contribution in [0.5, 0.6) is 0 Å². The molecule has 1 saturated heterocycles. The smallest absolute Gasteiger partial charge is 0.175 e. The van der Waals surface area contributed by atoms with Crippen LogP contribution in [0.3, 0.4) is 0 Å². The fourth-order valence-electron chi connectivity index (χ4n) is 6.12. The first-order chi connectivity index (χ1) is 19.3. The molecule has 3 fully saturated rings. The lowest BCUT2D eigenvalue weighted by molar-refractivity contribution is -0.125. The highest BCUT2D eigenvalue weighted by Gasteiger charge is 2.47. The number of hydrogen-bond acceptors (Lipinski definition) is 8. The van der Waals surface area contributed by atoms with Crippen LogP contribution >= 0.6 is 0 Å². The molecule has 10 heteroatoms. The van der Waals surface area contributed by atoms with E-state index >= 15 is 0 Å². The van der Waals surface area contributed by atoms with Crippen molar-refractivity contribution in [3.8, 4) is 23.0 Å². The van der Waals surface area contributed by atoms with Gasteiger partial charge in [0, 0.05) is 48.8 Å². The lowest BCUT2D eigenvalue weighted by Gasteiger charge is -2.31. The molecule has 1 aromatic carbocycles. The number of aromatic nitrogens is 4. The van der Waals surface area contributed by atoms with Crippen LogP contribution in [0, 0.1) is 29.6 Å². The number of Topliss-reactive ketones (excluding diaryl/α,β-unsaturated/α-hetero) is 1. The Morgan fingerprint density at radius 3 is 2.42 bits per heavy atom. The topological polar surface area (TPSA) is 122 Å². The molecule has 0 amide bonds. The number of rotatable bonds is 7. The average molecular weight is 559 g/mol. The van der Waals surface area contributed by atoms with E-state index in [4.69, 9.17) is 5.10 Å². The van der Waals surface area contributed by atoms with Gasteiger partial charge in [-0.15, -0.1) is 5.10 Å². The number of ketones is 1. The van der Waals surface area contributed by atoms with E-state index in [2.05, 4.69) is 33.3 Å². The lowest BCUT2D eigenvalue weighted by atomic mass is 9.72. The highest BCUT2D eigenvalue weighted by molar-refractivity contribution is 7.91. The Bertz CT molecular complexity index is 1540. The van der Waals surface area contributed by atoms with E-state index in [9.17, 15) is 18.5 Å². The Kier molecular flexibility index (Phi) is 6.95. The van der Waals surface area contributed by atoms with Crippen molar-refractivity contribution in [1.82, 2.24) is 20.0 Å². The normalized spacial score (nSPS) is 23.4. The summed E-state index contributed by atoms with van der Waals surface area (Å²) in [5.41, 5.74) is 4.20. The lowest BCUT2D eigenvalue weighted by Crippen LogP contribution is -2.40. The molecule has 0 radical (unpaired) electrons. The minimum atomic E-state index is -2.95. The number of carbonyl (C=O) groups is 1. The first-order valence-electron chi connectivity index (χ1n) is 14.2. The highest BCUT2D eigenvalue weighted by Crippen LogP contribution is 2.51. The van der Waals surface area contributed by atoms with Gasteiger partial charge in [-0.05, 0) is 62.4 Å². The maximum absolute atomic E-state index is 13.6. The van der Waals surface area contributed by atoms with Gasteiger partial charge < -0.3 is 4.90 Å². The Morgan fingerprint density at radius 1 is 1.05 bits per heavy atom. The Labute approximate surface area is 235 Å². The quantitative estimate of drug-likeness (QED) is 0.418. The van der Waals surface area contributed by atoms with E-state index in [0.29, 0.717) is 25.3 Å². The summed E-state index contributed by atoms with van der Waals surface area (Å²) in [6, 6.07) is 14.4. The van der Waals surface area contributed by atoms with Crippen LogP contribution < -0.4 is 4.90 Å². The third-order valence-corrected chi connectivity index (χ3v) is 10.4. The van der Waals surface area contributed by atoms with Crippen molar-refractivity contribution in [2.24, 2.45) is 11.3 Å². The summed E-state index contributed by atoms with van der Waals surface area (Å²) in [5.74, 6) is 0.970. The third-order valence-electron chi connectivity index (χ3n) is 8.78. The number of benzene rings is 1. The van der Waals surface area contributed by atoms with Gasteiger partial charge in [0.05, 0.1) is 34.4 Å². The predicted molar refractivity (Wildman–Crippen MR) is 152 cm³/mol. The average Bonchev–Trinajstić information content (AvgIpc) is 3.60. The van der Waals surface area contributed by atoms with Crippen molar-refractivity contribution in [1.29, 1.82) is 5.26 Å². The molecule has 0 N–H and O–H groups in total. The second-order valence-corrected chi connectivity index (χ2v) is 13.9. The van der Waals surface area contributed by atoms with Crippen LogP contribution in [0.15, 0.2) is 42.6 Å². The second kappa shape index (κ2) is 10.4. The SMILES string of the molecule is Cc1ccc(-n2cc(-c3ccc(N4CCS(=O)(=O)CC4)cc3)c([C@@H]3CCCC[C@H]3C(=O)CC3(C#N)CC3)n2)nn1. The van der Waals surface area contributed by atoms with Crippen molar-refractivity contribution < 1.29 is 13.2 Å². The van der Waals surface area contributed by atoms with Gasteiger partial charge in [-0.2, -0.15) is 15.5 Å². The maximum Gasteiger partial charge on any atom is 0.175 e. The first kappa shape index (κ1) is 26.6. The van der Waals surface area contributed by atoms with E-state index in [-0.39, 0.29) is 29.1 Å². The fourth-order valence-corrected chi connectivity index (χ4v) is 7.33. The molecular formula is C30H34N6O3S. The molecule has 2 saturated carbocycles. The predicted octanol–water partition coefficient (Wildman–Crippen LogP) is 4.41. The summed E-state index contributed by atoms with van der Waals surface area (Å²) < 4.78 is 25.5. The summed E-state index contributed by atoms with van der Waals surface area (Å²) in [7, 11) is -2.95. The zero-order valence-electron chi connectivity index (χ0n) is 22.8. The van der Waals surface area contributed by atoms with E-state index in [1.54, 1.807) is 4.68 Å². The third kappa shape index (κ3) is 5.39. The van der Waals surface area contributed by atoms with Gasteiger partial charge in [0.1, 0.15) is 5.78 Å². The zero-order valence-corrected chi connectivity index (χ0v) is 23.6. The Balaban J connectivity index is 1.35. The number of nitrogens with zero attached hydrogens (tertiary/aromatic N) is 6. The van der Waals surface area contributed by atoms with Gasteiger partial charge in [0.15, 0.2) is 15.7 Å². The zero-order chi connectivity index (χ0) is 27.9. The number of hydrogen-bond donors (Lipinski definition) is 0. The minimum absolute atomic E-state index is 0.0302. The summed E-state index contributed by atoms with van der Waals surface area (Å²) in [4.78, 5) is 15.7. The molecule has 0 unspecified atom stereocenters. The van der Waals surface area contributed by atoms with Crippen LogP contribution in [0.2, 0.25) is 0 Å². The van der Waals surface area contributed by atoms with Crippen LogP contribution in [0.4, 0.5) is 5.69 Å². The molecule has 3 heterocycles. The monoisotopic (exact) mass is 558 g/mol. The second-order valence-electron chi connectivity index (χ2n) is 11.6. The van der Waals surface area contributed by atoms with Gasteiger partial charge in [-0.25, -0.2) is 13.1 Å². The Morgan fingerprint density at radius 2 is 1.77 bits per heavy atom.